The molecular weight excluding hydrogens is 218 g/mol. The number of nitrogens with two attached hydrogens (primary N) is 1. The van der Waals surface area contributed by atoms with Gasteiger partial charge in [0.15, 0.2) is 0 Å². The Bertz CT molecular complexity index is 317. The molecule has 17 heavy (non-hydrogen) atoms. The number of carbonyl (C=O) groups is 2. The SMILES string of the molecule is CNC(=O)C1(C)CCN(C(=O)C(N)C(C)C)C1. The van der Waals surface area contributed by atoms with Gasteiger partial charge in [-0.2, -0.15) is 0 Å². The zero-order valence-electron chi connectivity index (χ0n) is 11.1. The lowest BCUT2D eigenvalue weighted by Gasteiger charge is -2.25. The van der Waals surface area contributed by atoms with E-state index in [0.29, 0.717) is 19.5 Å². The molecule has 1 heterocycles. The fraction of sp³-hybridized carbons (Fsp3) is 0.833. The molecule has 0 radical (unpaired) electrons. The summed E-state index contributed by atoms with van der Waals surface area (Å²) in [7, 11) is 1.62. The minimum Gasteiger partial charge on any atom is -0.359 e. The smallest absolute Gasteiger partial charge is 0.239 e. The van der Waals surface area contributed by atoms with Gasteiger partial charge in [-0.25, -0.2) is 0 Å². The van der Waals surface area contributed by atoms with E-state index in [-0.39, 0.29) is 17.7 Å². The van der Waals surface area contributed by atoms with Crippen molar-refractivity contribution in [1.82, 2.24) is 10.2 Å². The molecule has 0 bridgehead atoms. The van der Waals surface area contributed by atoms with Crippen LogP contribution in [-0.4, -0.2) is 42.9 Å². The zero-order chi connectivity index (χ0) is 13.2. The quantitative estimate of drug-likeness (QED) is 0.727. The summed E-state index contributed by atoms with van der Waals surface area (Å²) in [6, 6.07) is -0.470. The van der Waals surface area contributed by atoms with E-state index >= 15 is 0 Å². The van der Waals surface area contributed by atoms with Gasteiger partial charge in [-0.15, -0.1) is 0 Å². The van der Waals surface area contributed by atoms with Crippen molar-refractivity contribution in [1.29, 1.82) is 0 Å². The first-order valence-electron chi connectivity index (χ1n) is 6.08. The maximum atomic E-state index is 12.1. The number of hydrogen-bond acceptors (Lipinski definition) is 3. The average Bonchev–Trinajstić information content (AvgIpc) is 2.70. The van der Waals surface area contributed by atoms with Crippen molar-refractivity contribution < 1.29 is 9.59 Å². The first kappa shape index (κ1) is 14.0. The second-order valence-electron chi connectivity index (χ2n) is 5.42. The Morgan fingerprint density at radius 1 is 1.41 bits per heavy atom. The van der Waals surface area contributed by atoms with Crippen LogP contribution in [0.4, 0.5) is 0 Å². The van der Waals surface area contributed by atoms with Gasteiger partial charge in [0.25, 0.3) is 0 Å². The van der Waals surface area contributed by atoms with Crippen LogP contribution in [-0.2, 0) is 9.59 Å². The minimum absolute atomic E-state index is 0.00841. The lowest BCUT2D eigenvalue weighted by Crippen LogP contribution is -2.47. The van der Waals surface area contributed by atoms with E-state index < -0.39 is 11.5 Å². The number of carbonyl (C=O) groups excluding carboxylic acids is 2. The van der Waals surface area contributed by atoms with Crippen molar-refractivity contribution in [3.8, 4) is 0 Å². The highest BCUT2D eigenvalue weighted by molar-refractivity contribution is 5.86. The van der Waals surface area contributed by atoms with Crippen molar-refractivity contribution in [3.63, 3.8) is 0 Å². The van der Waals surface area contributed by atoms with Crippen LogP contribution < -0.4 is 11.1 Å². The summed E-state index contributed by atoms with van der Waals surface area (Å²) in [5, 5.41) is 2.65. The van der Waals surface area contributed by atoms with Gasteiger partial charge < -0.3 is 16.0 Å². The van der Waals surface area contributed by atoms with Gasteiger partial charge in [-0.1, -0.05) is 13.8 Å². The van der Waals surface area contributed by atoms with E-state index in [1.807, 2.05) is 20.8 Å². The summed E-state index contributed by atoms with van der Waals surface area (Å²) in [5.41, 5.74) is 5.37. The molecule has 1 aliphatic rings. The molecule has 98 valence electrons. The Hall–Kier alpha value is -1.10. The second-order valence-corrected chi connectivity index (χ2v) is 5.42. The van der Waals surface area contributed by atoms with Gasteiger partial charge in [-0.05, 0) is 19.3 Å². The predicted molar refractivity (Wildman–Crippen MR) is 66.2 cm³/mol. The molecule has 3 N–H and O–H groups in total. The van der Waals surface area contributed by atoms with Crippen LogP contribution in [0.25, 0.3) is 0 Å². The molecule has 0 saturated carbocycles. The fourth-order valence-corrected chi connectivity index (χ4v) is 2.13. The molecular formula is C12H23N3O2. The molecule has 0 aliphatic carbocycles. The monoisotopic (exact) mass is 241 g/mol. The lowest BCUT2D eigenvalue weighted by molar-refractivity contribution is -0.134. The Morgan fingerprint density at radius 2 is 2.00 bits per heavy atom. The van der Waals surface area contributed by atoms with E-state index in [1.165, 1.54) is 0 Å². The van der Waals surface area contributed by atoms with Crippen LogP contribution in [0.5, 0.6) is 0 Å². The van der Waals surface area contributed by atoms with Crippen LogP contribution in [0.1, 0.15) is 27.2 Å². The number of amides is 2. The average molecular weight is 241 g/mol. The van der Waals surface area contributed by atoms with Crippen LogP contribution in [0.2, 0.25) is 0 Å². The van der Waals surface area contributed by atoms with Crippen molar-refractivity contribution in [2.75, 3.05) is 20.1 Å². The summed E-state index contributed by atoms with van der Waals surface area (Å²) < 4.78 is 0. The number of nitrogens with zero attached hydrogens (tertiary/aromatic N) is 1. The summed E-state index contributed by atoms with van der Waals surface area (Å²) in [4.78, 5) is 25.5. The van der Waals surface area contributed by atoms with Gasteiger partial charge in [-0.3, -0.25) is 9.59 Å². The molecule has 5 nitrogen and oxygen atoms in total. The van der Waals surface area contributed by atoms with Crippen LogP contribution in [0.3, 0.4) is 0 Å². The van der Waals surface area contributed by atoms with Crippen molar-refractivity contribution in [2.45, 2.75) is 33.2 Å². The molecule has 0 aromatic rings. The topological polar surface area (TPSA) is 75.4 Å². The van der Waals surface area contributed by atoms with Gasteiger partial charge >= 0.3 is 0 Å². The molecule has 1 fully saturated rings. The maximum Gasteiger partial charge on any atom is 0.239 e. The van der Waals surface area contributed by atoms with Crippen LogP contribution >= 0.6 is 0 Å². The number of hydrogen-bond donors (Lipinski definition) is 2. The Morgan fingerprint density at radius 3 is 2.47 bits per heavy atom. The third kappa shape index (κ3) is 2.77. The molecule has 5 heteroatoms. The first-order valence-corrected chi connectivity index (χ1v) is 6.08. The molecule has 2 unspecified atom stereocenters. The molecule has 1 aliphatic heterocycles. The van der Waals surface area contributed by atoms with Crippen molar-refractivity contribution >= 4 is 11.8 Å². The van der Waals surface area contributed by atoms with Gasteiger partial charge in [0.2, 0.25) is 11.8 Å². The predicted octanol–water partition coefficient (Wildman–Crippen LogP) is -0.0457. The highest BCUT2D eigenvalue weighted by atomic mass is 16.2. The molecule has 2 amide bonds. The second kappa shape index (κ2) is 5.04. The van der Waals surface area contributed by atoms with Crippen molar-refractivity contribution in [2.24, 2.45) is 17.1 Å². The van der Waals surface area contributed by atoms with Gasteiger partial charge in [0, 0.05) is 20.1 Å². The standard InChI is InChI=1S/C12H23N3O2/c1-8(2)9(13)10(16)15-6-5-12(3,7-15)11(17)14-4/h8-9H,5-7,13H2,1-4H3,(H,14,17). The van der Waals surface area contributed by atoms with Gasteiger partial charge in [0.1, 0.15) is 0 Å². The van der Waals surface area contributed by atoms with E-state index in [9.17, 15) is 9.59 Å². The maximum absolute atomic E-state index is 12.1. The normalized spacial score (nSPS) is 26.1. The number of rotatable bonds is 3. The zero-order valence-corrected chi connectivity index (χ0v) is 11.1. The van der Waals surface area contributed by atoms with E-state index in [2.05, 4.69) is 5.32 Å². The van der Waals surface area contributed by atoms with Crippen molar-refractivity contribution in [3.05, 3.63) is 0 Å². The largest absolute Gasteiger partial charge is 0.359 e. The van der Waals surface area contributed by atoms with E-state index in [0.717, 1.165) is 0 Å². The number of likely N-dealkylation sites (tertiary alicyclic amines) is 1. The third-order valence-electron chi connectivity index (χ3n) is 3.56. The molecule has 0 spiro atoms. The van der Waals surface area contributed by atoms with Crippen LogP contribution in [0.15, 0.2) is 0 Å². The lowest BCUT2D eigenvalue weighted by atomic mass is 9.89. The molecule has 2 atom stereocenters. The Balaban J connectivity index is 2.68. The molecule has 0 aromatic heterocycles. The summed E-state index contributed by atoms with van der Waals surface area (Å²) in [6.45, 7) is 6.82. The number of nitrogens with one attached hydrogen (secondary N) is 1. The van der Waals surface area contributed by atoms with E-state index in [4.69, 9.17) is 5.73 Å². The summed E-state index contributed by atoms with van der Waals surface area (Å²) in [5.74, 6) is 0.0629. The highest BCUT2D eigenvalue weighted by Crippen LogP contribution is 2.30. The first-order chi connectivity index (χ1) is 7.81. The molecule has 0 aromatic carbocycles. The Labute approximate surface area is 103 Å². The summed E-state index contributed by atoms with van der Waals surface area (Å²) in [6.07, 6.45) is 0.698. The van der Waals surface area contributed by atoms with Crippen LogP contribution in [0, 0.1) is 11.3 Å². The third-order valence-corrected chi connectivity index (χ3v) is 3.56. The van der Waals surface area contributed by atoms with Gasteiger partial charge in [0.05, 0.1) is 11.5 Å². The highest BCUT2D eigenvalue weighted by Gasteiger charge is 2.42. The molecule has 1 rings (SSSR count). The molecule has 1 saturated heterocycles. The summed E-state index contributed by atoms with van der Waals surface area (Å²) >= 11 is 0. The fourth-order valence-electron chi connectivity index (χ4n) is 2.13. The minimum atomic E-state index is -0.471. The Kier molecular flexibility index (Phi) is 4.14. The van der Waals surface area contributed by atoms with E-state index in [1.54, 1.807) is 11.9 Å².